The molecule has 1 aromatic heterocycles. The van der Waals surface area contributed by atoms with Crippen molar-refractivity contribution in [1.29, 1.82) is 0 Å². The van der Waals surface area contributed by atoms with Gasteiger partial charge < -0.3 is 24.1 Å². The molecule has 0 spiro atoms. The lowest BCUT2D eigenvalue weighted by molar-refractivity contribution is -0.157. The summed E-state index contributed by atoms with van der Waals surface area (Å²) in [5, 5.41) is 3.05. The molecular weight excluding hydrogens is 400 g/mol. The van der Waals surface area contributed by atoms with E-state index in [0.29, 0.717) is 28.8 Å². The summed E-state index contributed by atoms with van der Waals surface area (Å²) < 4.78 is 15.7. The first-order chi connectivity index (χ1) is 13.9. The van der Waals surface area contributed by atoms with Crippen molar-refractivity contribution in [2.45, 2.75) is 26.0 Å². The summed E-state index contributed by atoms with van der Waals surface area (Å²) >= 11 is 5.95. The van der Waals surface area contributed by atoms with Crippen LogP contribution in [0.15, 0.2) is 41.0 Å². The van der Waals surface area contributed by atoms with Gasteiger partial charge in [0.2, 0.25) is 5.91 Å². The van der Waals surface area contributed by atoms with Crippen molar-refractivity contribution >= 4 is 35.1 Å². The SMILES string of the molecule is COc1ccc(Cl)cc1NC(=O)[C@H](C)OC(=O)[C@@H]1CC(=O)N(Cc2ccco2)C1. The summed E-state index contributed by atoms with van der Waals surface area (Å²) in [6.45, 7) is 1.97. The number of carbonyl (C=O) groups excluding carboxylic acids is 3. The van der Waals surface area contributed by atoms with Gasteiger partial charge in [-0.15, -0.1) is 0 Å². The van der Waals surface area contributed by atoms with Crippen LogP contribution in [0.1, 0.15) is 19.1 Å². The summed E-state index contributed by atoms with van der Waals surface area (Å²) in [6.07, 6.45) is 0.507. The van der Waals surface area contributed by atoms with Crippen LogP contribution in [0.25, 0.3) is 0 Å². The highest BCUT2D eigenvalue weighted by molar-refractivity contribution is 6.31. The molecule has 0 bridgehead atoms. The van der Waals surface area contributed by atoms with E-state index in [-0.39, 0.29) is 18.9 Å². The van der Waals surface area contributed by atoms with Gasteiger partial charge in [0.15, 0.2) is 6.10 Å². The van der Waals surface area contributed by atoms with Gasteiger partial charge in [-0.1, -0.05) is 11.6 Å². The van der Waals surface area contributed by atoms with E-state index in [1.54, 1.807) is 24.3 Å². The Morgan fingerprint density at radius 1 is 1.38 bits per heavy atom. The minimum absolute atomic E-state index is 0.0377. The largest absolute Gasteiger partial charge is 0.495 e. The maximum absolute atomic E-state index is 12.4. The third-order valence-electron chi connectivity index (χ3n) is 4.56. The quantitative estimate of drug-likeness (QED) is 0.691. The van der Waals surface area contributed by atoms with Crippen LogP contribution < -0.4 is 10.1 Å². The number of likely N-dealkylation sites (tertiary alicyclic amines) is 1. The fourth-order valence-electron chi connectivity index (χ4n) is 3.01. The molecule has 1 aromatic carbocycles. The van der Waals surface area contributed by atoms with Crippen LogP contribution in [-0.4, -0.2) is 42.4 Å². The third kappa shape index (κ3) is 5.08. The molecule has 3 rings (SSSR count). The molecule has 1 aliphatic rings. The summed E-state index contributed by atoms with van der Waals surface area (Å²) in [7, 11) is 1.47. The number of anilines is 1. The fraction of sp³-hybridized carbons (Fsp3) is 0.350. The number of hydrogen-bond acceptors (Lipinski definition) is 6. The van der Waals surface area contributed by atoms with E-state index in [9.17, 15) is 14.4 Å². The van der Waals surface area contributed by atoms with Crippen molar-refractivity contribution in [3.63, 3.8) is 0 Å². The Bertz CT molecular complexity index is 898. The molecule has 0 unspecified atom stereocenters. The lowest BCUT2D eigenvalue weighted by atomic mass is 10.1. The normalized spacial score (nSPS) is 17.1. The van der Waals surface area contributed by atoms with Crippen LogP contribution in [0.2, 0.25) is 5.02 Å². The molecule has 0 saturated carbocycles. The maximum atomic E-state index is 12.4. The first-order valence-electron chi connectivity index (χ1n) is 9.02. The molecule has 1 aliphatic heterocycles. The predicted molar refractivity (Wildman–Crippen MR) is 104 cm³/mol. The average Bonchev–Trinajstić information content (AvgIpc) is 3.32. The zero-order chi connectivity index (χ0) is 21.0. The summed E-state index contributed by atoms with van der Waals surface area (Å²) in [5.74, 6) is -0.860. The number of furan rings is 1. The van der Waals surface area contributed by atoms with Gasteiger partial charge in [-0.3, -0.25) is 14.4 Å². The number of amides is 2. The molecule has 9 heteroatoms. The zero-order valence-electron chi connectivity index (χ0n) is 16.0. The Labute approximate surface area is 172 Å². The fourth-order valence-corrected chi connectivity index (χ4v) is 3.18. The van der Waals surface area contributed by atoms with E-state index in [2.05, 4.69) is 5.32 Å². The Hall–Kier alpha value is -3.00. The Morgan fingerprint density at radius 3 is 2.86 bits per heavy atom. The first-order valence-corrected chi connectivity index (χ1v) is 9.40. The molecule has 2 aromatic rings. The molecule has 154 valence electrons. The number of methoxy groups -OCH3 is 1. The molecule has 8 nitrogen and oxygen atoms in total. The Balaban J connectivity index is 1.55. The zero-order valence-corrected chi connectivity index (χ0v) is 16.8. The van der Waals surface area contributed by atoms with Crippen LogP contribution in [0.3, 0.4) is 0 Å². The molecule has 1 N–H and O–H groups in total. The minimum Gasteiger partial charge on any atom is -0.495 e. The molecule has 1 saturated heterocycles. The van der Waals surface area contributed by atoms with E-state index in [1.807, 2.05) is 0 Å². The molecule has 1 fully saturated rings. The molecular formula is C20H21ClN2O6. The second-order valence-electron chi connectivity index (χ2n) is 6.67. The summed E-state index contributed by atoms with van der Waals surface area (Å²) in [5.41, 5.74) is 0.369. The molecule has 2 atom stereocenters. The highest BCUT2D eigenvalue weighted by Gasteiger charge is 2.37. The molecule has 29 heavy (non-hydrogen) atoms. The van der Waals surface area contributed by atoms with Crippen LogP contribution in [0.5, 0.6) is 5.75 Å². The van der Waals surface area contributed by atoms with Gasteiger partial charge in [0.05, 0.1) is 31.5 Å². The van der Waals surface area contributed by atoms with E-state index in [0.717, 1.165) is 0 Å². The number of ether oxygens (including phenoxy) is 2. The first kappa shape index (κ1) is 20.7. The van der Waals surface area contributed by atoms with Crippen LogP contribution >= 0.6 is 11.6 Å². The van der Waals surface area contributed by atoms with Crippen molar-refractivity contribution in [3.05, 3.63) is 47.4 Å². The second kappa shape index (κ2) is 9.00. The monoisotopic (exact) mass is 420 g/mol. The van der Waals surface area contributed by atoms with Crippen molar-refractivity contribution in [3.8, 4) is 5.75 Å². The number of halogens is 1. The minimum atomic E-state index is -1.06. The maximum Gasteiger partial charge on any atom is 0.312 e. The number of rotatable bonds is 7. The van der Waals surface area contributed by atoms with Crippen LogP contribution in [0.4, 0.5) is 5.69 Å². The summed E-state index contributed by atoms with van der Waals surface area (Å²) in [4.78, 5) is 38.5. The van der Waals surface area contributed by atoms with Crippen molar-refractivity contribution < 1.29 is 28.3 Å². The highest BCUT2D eigenvalue weighted by atomic mass is 35.5. The smallest absolute Gasteiger partial charge is 0.312 e. The van der Waals surface area contributed by atoms with E-state index < -0.39 is 23.9 Å². The van der Waals surface area contributed by atoms with Gasteiger partial charge in [-0.25, -0.2) is 0 Å². The van der Waals surface area contributed by atoms with Gasteiger partial charge in [0.25, 0.3) is 5.91 Å². The Kier molecular flexibility index (Phi) is 6.43. The number of nitrogens with one attached hydrogen (secondary N) is 1. The van der Waals surface area contributed by atoms with E-state index in [1.165, 1.54) is 31.3 Å². The number of hydrogen-bond donors (Lipinski definition) is 1. The van der Waals surface area contributed by atoms with Crippen LogP contribution in [0, 0.1) is 5.92 Å². The Morgan fingerprint density at radius 2 is 2.17 bits per heavy atom. The van der Waals surface area contributed by atoms with Crippen molar-refractivity contribution in [1.82, 2.24) is 4.90 Å². The van der Waals surface area contributed by atoms with Gasteiger partial charge in [0.1, 0.15) is 11.5 Å². The lowest BCUT2D eigenvalue weighted by Gasteiger charge is -2.18. The topological polar surface area (TPSA) is 98.1 Å². The predicted octanol–water partition coefficient (Wildman–Crippen LogP) is 2.86. The highest BCUT2D eigenvalue weighted by Crippen LogP contribution is 2.28. The number of carbonyl (C=O) groups is 3. The van der Waals surface area contributed by atoms with E-state index in [4.69, 9.17) is 25.5 Å². The number of benzene rings is 1. The molecule has 2 amide bonds. The summed E-state index contributed by atoms with van der Waals surface area (Å²) in [6, 6.07) is 8.28. The molecule has 0 aliphatic carbocycles. The van der Waals surface area contributed by atoms with Gasteiger partial charge >= 0.3 is 5.97 Å². The molecule has 2 heterocycles. The van der Waals surface area contributed by atoms with Gasteiger partial charge in [0, 0.05) is 18.0 Å². The third-order valence-corrected chi connectivity index (χ3v) is 4.79. The van der Waals surface area contributed by atoms with Gasteiger partial charge in [-0.2, -0.15) is 0 Å². The standard InChI is InChI=1S/C20H21ClN2O6/c1-12(19(25)22-16-9-14(21)5-6-17(16)27-2)29-20(26)13-8-18(24)23(10-13)11-15-4-3-7-28-15/h3-7,9,12-13H,8,10-11H2,1-2H3,(H,22,25)/t12-,13+/m0/s1. The number of nitrogens with zero attached hydrogens (tertiary/aromatic N) is 1. The molecule has 0 radical (unpaired) electrons. The van der Waals surface area contributed by atoms with E-state index >= 15 is 0 Å². The lowest BCUT2D eigenvalue weighted by Crippen LogP contribution is -2.33. The average molecular weight is 421 g/mol. The van der Waals surface area contributed by atoms with Crippen LogP contribution in [-0.2, 0) is 25.7 Å². The van der Waals surface area contributed by atoms with Gasteiger partial charge in [-0.05, 0) is 37.3 Å². The number of esters is 1. The van der Waals surface area contributed by atoms with Crippen molar-refractivity contribution in [2.24, 2.45) is 5.92 Å². The van der Waals surface area contributed by atoms with Crippen molar-refractivity contribution in [2.75, 3.05) is 19.0 Å². The second-order valence-corrected chi connectivity index (χ2v) is 7.10.